The van der Waals surface area contributed by atoms with E-state index in [2.05, 4.69) is 9.47 Å². The number of hydrogen-bond donors (Lipinski definition) is 1. The average Bonchev–Trinajstić information content (AvgIpc) is 2.34. The van der Waals surface area contributed by atoms with Gasteiger partial charge in [-0.15, -0.1) is 13.2 Å². The van der Waals surface area contributed by atoms with Crippen LogP contribution in [0.2, 0.25) is 0 Å². The van der Waals surface area contributed by atoms with E-state index < -0.39 is 23.6 Å². The standard InChI is InChI=1S/C11H9F3N2O3/c1-18-10(17)9-7(5-16)2-6(4-15)3-8(9)19-11(12,13)14/h2-3H,5,16H2,1H3. The van der Waals surface area contributed by atoms with Crippen LogP contribution in [0.15, 0.2) is 12.1 Å². The highest BCUT2D eigenvalue weighted by Crippen LogP contribution is 2.30. The molecule has 0 aliphatic carbocycles. The van der Waals surface area contributed by atoms with Crippen molar-refractivity contribution in [1.29, 1.82) is 5.26 Å². The molecule has 0 saturated heterocycles. The molecule has 2 N–H and O–H groups in total. The second kappa shape index (κ2) is 5.58. The van der Waals surface area contributed by atoms with Gasteiger partial charge in [-0.25, -0.2) is 4.79 Å². The molecule has 0 unspecified atom stereocenters. The maximum Gasteiger partial charge on any atom is 0.573 e. The predicted molar refractivity (Wildman–Crippen MR) is 57.1 cm³/mol. The number of nitrogens with zero attached hydrogens (tertiary/aromatic N) is 1. The molecule has 19 heavy (non-hydrogen) atoms. The summed E-state index contributed by atoms with van der Waals surface area (Å²) in [5.41, 5.74) is 4.83. The Morgan fingerprint density at radius 2 is 2.11 bits per heavy atom. The Morgan fingerprint density at radius 3 is 2.53 bits per heavy atom. The zero-order valence-electron chi connectivity index (χ0n) is 9.75. The second-order valence-corrected chi connectivity index (χ2v) is 3.36. The number of carbonyl (C=O) groups excluding carboxylic acids is 1. The molecule has 0 saturated carbocycles. The summed E-state index contributed by atoms with van der Waals surface area (Å²) in [6.45, 7) is -0.242. The lowest BCUT2D eigenvalue weighted by Crippen LogP contribution is -2.21. The number of esters is 1. The number of benzene rings is 1. The van der Waals surface area contributed by atoms with Crippen molar-refractivity contribution in [3.8, 4) is 11.8 Å². The van der Waals surface area contributed by atoms with Crippen LogP contribution in [0.5, 0.6) is 5.75 Å². The zero-order valence-corrected chi connectivity index (χ0v) is 9.75. The van der Waals surface area contributed by atoms with Gasteiger partial charge in [-0.1, -0.05) is 0 Å². The number of rotatable bonds is 3. The molecular formula is C11H9F3N2O3. The van der Waals surface area contributed by atoms with E-state index in [4.69, 9.17) is 11.0 Å². The summed E-state index contributed by atoms with van der Waals surface area (Å²) in [6, 6.07) is 3.67. The Kier molecular flexibility index (Phi) is 4.34. The van der Waals surface area contributed by atoms with Gasteiger partial charge in [0.05, 0.1) is 18.7 Å². The molecular weight excluding hydrogens is 265 g/mol. The van der Waals surface area contributed by atoms with Crippen LogP contribution in [0, 0.1) is 11.3 Å². The van der Waals surface area contributed by atoms with Crippen molar-refractivity contribution in [2.75, 3.05) is 7.11 Å². The van der Waals surface area contributed by atoms with Gasteiger partial charge in [0.2, 0.25) is 0 Å². The fourth-order valence-corrected chi connectivity index (χ4v) is 1.44. The third-order valence-electron chi connectivity index (χ3n) is 2.15. The lowest BCUT2D eigenvalue weighted by Gasteiger charge is -2.15. The summed E-state index contributed by atoms with van der Waals surface area (Å²) in [4.78, 5) is 11.5. The molecule has 0 aromatic heterocycles. The van der Waals surface area contributed by atoms with Gasteiger partial charge in [0.1, 0.15) is 11.3 Å². The van der Waals surface area contributed by atoms with E-state index in [-0.39, 0.29) is 17.7 Å². The topological polar surface area (TPSA) is 85.3 Å². The molecule has 1 rings (SSSR count). The van der Waals surface area contributed by atoms with E-state index in [0.29, 0.717) is 0 Å². The molecule has 0 radical (unpaired) electrons. The van der Waals surface area contributed by atoms with Crippen LogP contribution in [0.1, 0.15) is 21.5 Å². The van der Waals surface area contributed by atoms with Gasteiger partial charge in [-0.2, -0.15) is 5.26 Å². The number of nitriles is 1. The second-order valence-electron chi connectivity index (χ2n) is 3.36. The first kappa shape index (κ1) is 14.8. The molecule has 1 aromatic carbocycles. The van der Waals surface area contributed by atoms with Crippen molar-refractivity contribution in [3.05, 3.63) is 28.8 Å². The van der Waals surface area contributed by atoms with Gasteiger partial charge in [-0.05, 0) is 17.7 Å². The van der Waals surface area contributed by atoms with Gasteiger partial charge in [0.15, 0.2) is 0 Å². The first-order valence-corrected chi connectivity index (χ1v) is 4.93. The molecule has 0 bridgehead atoms. The van der Waals surface area contributed by atoms with E-state index in [1.807, 2.05) is 0 Å². The van der Waals surface area contributed by atoms with E-state index in [9.17, 15) is 18.0 Å². The number of carbonyl (C=O) groups is 1. The van der Waals surface area contributed by atoms with Crippen LogP contribution in [0.25, 0.3) is 0 Å². The molecule has 0 fully saturated rings. The van der Waals surface area contributed by atoms with Crippen molar-refractivity contribution in [3.63, 3.8) is 0 Å². The smallest absolute Gasteiger partial charge is 0.465 e. The Bertz CT molecular complexity index is 535. The normalized spacial score (nSPS) is 10.7. The Labute approximate surface area is 106 Å². The number of alkyl halides is 3. The molecule has 0 amide bonds. The van der Waals surface area contributed by atoms with E-state index >= 15 is 0 Å². The van der Waals surface area contributed by atoms with E-state index in [1.54, 1.807) is 6.07 Å². The van der Waals surface area contributed by atoms with E-state index in [1.165, 1.54) is 6.07 Å². The summed E-state index contributed by atoms with van der Waals surface area (Å²) in [5.74, 6) is -1.83. The number of nitrogens with two attached hydrogens (primary N) is 1. The molecule has 0 aliphatic rings. The van der Waals surface area contributed by atoms with Crippen LogP contribution in [0.3, 0.4) is 0 Å². The number of ether oxygens (including phenoxy) is 2. The number of hydrogen-bond acceptors (Lipinski definition) is 5. The Morgan fingerprint density at radius 1 is 1.47 bits per heavy atom. The van der Waals surface area contributed by atoms with Gasteiger partial charge in [0.25, 0.3) is 0 Å². The third kappa shape index (κ3) is 3.59. The van der Waals surface area contributed by atoms with Gasteiger partial charge >= 0.3 is 12.3 Å². The lowest BCUT2D eigenvalue weighted by atomic mass is 10.0. The SMILES string of the molecule is COC(=O)c1c(CN)cc(C#N)cc1OC(F)(F)F. The molecule has 0 spiro atoms. The minimum Gasteiger partial charge on any atom is -0.465 e. The highest BCUT2D eigenvalue weighted by Gasteiger charge is 2.34. The molecule has 1 aromatic rings. The third-order valence-corrected chi connectivity index (χ3v) is 2.15. The van der Waals surface area contributed by atoms with Gasteiger partial charge in [0, 0.05) is 6.54 Å². The van der Waals surface area contributed by atoms with Gasteiger partial charge in [-0.3, -0.25) is 0 Å². The van der Waals surface area contributed by atoms with Crippen LogP contribution in [-0.2, 0) is 11.3 Å². The van der Waals surface area contributed by atoms with E-state index in [0.717, 1.165) is 13.2 Å². The first-order chi connectivity index (χ1) is 8.82. The Balaban J connectivity index is 3.47. The largest absolute Gasteiger partial charge is 0.573 e. The number of methoxy groups -OCH3 is 1. The summed E-state index contributed by atoms with van der Waals surface area (Å²) in [7, 11) is 1.01. The van der Waals surface area contributed by atoms with Crippen molar-refractivity contribution >= 4 is 5.97 Å². The summed E-state index contributed by atoms with van der Waals surface area (Å²) in [5, 5.41) is 8.72. The highest BCUT2D eigenvalue weighted by molar-refractivity contribution is 5.94. The minimum absolute atomic E-state index is 0.0325. The van der Waals surface area contributed by atoms with Crippen molar-refractivity contribution in [2.45, 2.75) is 12.9 Å². The number of halogens is 3. The summed E-state index contributed by atoms with van der Waals surface area (Å²) >= 11 is 0. The average molecular weight is 274 g/mol. The van der Waals surface area contributed by atoms with Crippen molar-refractivity contribution in [2.24, 2.45) is 5.73 Å². The predicted octanol–water partition coefficient (Wildman–Crippen LogP) is 1.70. The van der Waals surface area contributed by atoms with Crippen molar-refractivity contribution < 1.29 is 27.4 Å². The molecule has 5 nitrogen and oxygen atoms in total. The molecule has 0 aliphatic heterocycles. The first-order valence-electron chi connectivity index (χ1n) is 4.93. The van der Waals surface area contributed by atoms with Crippen LogP contribution in [0.4, 0.5) is 13.2 Å². The molecule has 0 heterocycles. The lowest BCUT2D eigenvalue weighted by molar-refractivity contribution is -0.274. The summed E-state index contributed by atoms with van der Waals surface area (Å²) < 4.78 is 44.9. The summed E-state index contributed by atoms with van der Waals surface area (Å²) in [6.07, 6.45) is -5.00. The fraction of sp³-hybridized carbons (Fsp3) is 0.273. The molecule has 8 heteroatoms. The zero-order chi connectivity index (χ0) is 14.6. The Hall–Kier alpha value is -2.27. The van der Waals surface area contributed by atoms with Crippen LogP contribution < -0.4 is 10.5 Å². The fourth-order valence-electron chi connectivity index (χ4n) is 1.44. The molecule has 102 valence electrons. The van der Waals surface area contributed by atoms with Crippen LogP contribution in [-0.4, -0.2) is 19.4 Å². The maximum atomic E-state index is 12.3. The monoisotopic (exact) mass is 274 g/mol. The van der Waals surface area contributed by atoms with Crippen molar-refractivity contribution in [1.82, 2.24) is 0 Å². The maximum absolute atomic E-state index is 12.3. The molecule has 0 atom stereocenters. The minimum atomic E-state index is -5.00. The van der Waals surface area contributed by atoms with Crippen LogP contribution >= 0.6 is 0 Å². The quantitative estimate of drug-likeness (QED) is 0.848. The van der Waals surface area contributed by atoms with Gasteiger partial charge < -0.3 is 15.2 Å². The highest BCUT2D eigenvalue weighted by atomic mass is 19.4.